The number of carbonyl (C=O) groups excluding carboxylic acids is 1. The van der Waals surface area contributed by atoms with E-state index in [1.54, 1.807) is 29.2 Å². The van der Waals surface area contributed by atoms with E-state index >= 15 is 0 Å². The standard InChI is InChI=1S/C18H26ClN3O4S/c19-16-5-3-15(4-6-16)18(23)21(14-17-2-1-12-26-17)11-13-27(24,25)22-9-7-20-8-10-22/h3-6,17,20H,1-2,7-14H2/t17-/m1/s1. The molecule has 0 spiro atoms. The van der Waals surface area contributed by atoms with Crippen molar-refractivity contribution in [3.05, 3.63) is 34.9 Å². The van der Waals surface area contributed by atoms with Crippen LogP contribution in [0.15, 0.2) is 24.3 Å². The molecule has 2 aliphatic heterocycles. The van der Waals surface area contributed by atoms with Gasteiger partial charge in [-0.05, 0) is 37.1 Å². The van der Waals surface area contributed by atoms with E-state index in [0.717, 1.165) is 12.8 Å². The van der Waals surface area contributed by atoms with Gasteiger partial charge in [0.15, 0.2) is 0 Å². The zero-order chi connectivity index (χ0) is 19.3. The summed E-state index contributed by atoms with van der Waals surface area (Å²) in [6, 6.07) is 6.66. The smallest absolute Gasteiger partial charge is 0.253 e. The van der Waals surface area contributed by atoms with Crippen molar-refractivity contribution in [2.45, 2.75) is 18.9 Å². The summed E-state index contributed by atoms with van der Waals surface area (Å²) >= 11 is 5.91. The van der Waals surface area contributed by atoms with Crippen LogP contribution < -0.4 is 5.32 Å². The first kappa shape index (κ1) is 20.5. The Kier molecular flexibility index (Phi) is 7.10. The maximum atomic E-state index is 12.9. The van der Waals surface area contributed by atoms with Crippen molar-refractivity contribution in [1.82, 2.24) is 14.5 Å². The molecule has 27 heavy (non-hydrogen) atoms. The SMILES string of the molecule is O=C(c1ccc(Cl)cc1)N(CCS(=O)(=O)N1CCNCC1)C[C@H]1CCCO1. The fourth-order valence-corrected chi connectivity index (χ4v) is 4.94. The van der Waals surface area contributed by atoms with Gasteiger partial charge in [-0.25, -0.2) is 8.42 Å². The number of nitrogens with one attached hydrogen (secondary N) is 1. The summed E-state index contributed by atoms with van der Waals surface area (Å²) in [4.78, 5) is 14.5. The monoisotopic (exact) mass is 415 g/mol. The lowest BCUT2D eigenvalue weighted by Gasteiger charge is -2.29. The van der Waals surface area contributed by atoms with Crippen LogP contribution in [0.25, 0.3) is 0 Å². The van der Waals surface area contributed by atoms with Gasteiger partial charge >= 0.3 is 0 Å². The van der Waals surface area contributed by atoms with E-state index in [-0.39, 0.29) is 24.3 Å². The summed E-state index contributed by atoms with van der Waals surface area (Å²) in [7, 11) is -3.40. The molecule has 0 bridgehead atoms. The average Bonchev–Trinajstić information content (AvgIpc) is 3.19. The third-order valence-electron chi connectivity index (χ3n) is 4.91. The largest absolute Gasteiger partial charge is 0.376 e. The van der Waals surface area contributed by atoms with Crippen LogP contribution in [-0.2, 0) is 14.8 Å². The Bertz CT molecular complexity index is 729. The Morgan fingerprint density at radius 1 is 1.26 bits per heavy atom. The van der Waals surface area contributed by atoms with Crippen LogP contribution >= 0.6 is 11.6 Å². The van der Waals surface area contributed by atoms with Gasteiger partial charge < -0.3 is 15.0 Å². The molecule has 1 N–H and O–H groups in total. The van der Waals surface area contributed by atoms with E-state index in [4.69, 9.17) is 16.3 Å². The van der Waals surface area contributed by atoms with Crippen molar-refractivity contribution in [3.8, 4) is 0 Å². The number of hydrogen-bond donors (Lipinski definition) is 1. The molecular weight excluding hydrogens is 390 g/mol. The molecule has 150 valence electrons. The summed E-state index contributed by atoms with van der Waals surface area (Å²) in [6.45, 7) is 3.49. The molecule has 2 saturated heterocycles. The summed E-state index contributed by atoms with van der Waals surface area (Å²) in [5.74, 6) is -0.281. The summed E-state index contributed by atoms with van der Waals surface area (Å²) in [5, 5.41) is 3.70. The number of sulfonamides is 1. The predicted octanol–water partition coefficient (Wildman–Crippen LogP) is 1.20. The molecular formula is C18H26ClN3O4S. The fourth-order valence-electron chi connectivity index (χ4n) is 3.36. The molecule has 2 fully saturated rings. The predicted molar refractivity (Wildman–Crippen MR) is 105 cm³/mol. The Balaban J connectivity index is 1.69. The van der Waals surface area contributed by atoms with Crippen LogP contribution in [0, 0.1) is 0 Å². The third kappa shape index (κ3) is 5.65. The number of carbonyl (C=O) groups is 1. The lowest BCUT2D eigenvalue weighted by atomic mass is 10.1. The molecule has 2 heterocycles. The van der Waals surface area contributed by atoms with Crippen LogP contribution in [0.3, 0.4) is 0 Å². The van der Waals surface area contributed by atoms with E-state index in [2.05, 4.69) is 5.32 Å². The maximum Gasteiger partial charge on any atom is 0.253 e. The Morgan fingerprint density at radius 2 is 1.96 bits per heavy atom. The fraction of sp³-hybridized carbons (Fsp3) is 0.611. The number of ether oxygens (including phenoxy) is 1. The highest BCUT2D eigenvalue weighted by molar-refractivity contribution is 7.89. The molecule has 1 amide bonds. The van der Waals surface area contributed by atoms with E-state index in [1.807, 2.05) is 0 Å². The van der Waals surface area contributed by atoms with Gasteiger partial charge in [-0.15, -0.1) is 0 Å². The van der Waals surface area contributed by atoms with Crippen LogP contribution in [0.1, 0.15) is 23.2 Å². The first-order valence-corrected chi connectivity index (χ1v) is 11.3. The topological polar surface area (TPSA) is 79.0 Å². The van der Waals surface area contributed by atoms with Crippen molar-refractivity contribution in [2.75, 3.05) is 51.6 Å². The number of halogens is 1. The van der Waals surface area contributed by atoms with E-state index in [0.29, 0.717) is 49.9 Å². The van der Waals surface area contributed by atoms with E-state index in [9.17, 15) is 13.2 Å². The Hall–Kier alpha value is -1.19. The molecule has 0 unspecified atom stereocenters. The maximum absolute atomic E-state index is 12.9. The van der Waals surface area contributed by atoms with Crippen molar-refractivity contribution in [2.24, 2.45) is 0 Å². The summed E-state index contributed by atoms with van der Waals surface area (Å²) in [5.41, 5.74) is 0.497. The minimum absolute atomic E-state index is 0.0388. The number of benzene rings is 1. The molecule has 1 aromatic carbocycles. The lowest BCUT2D eigenvalue weighted by molar-refractivity contribution is 0.0540. The second-order valence-corrected chi connectivity index (χ2v) is 9.38. The molecule has 3 rings (SSSR count). The molecule has 0 radical (unpaired) electrons. The number of nitrogens with zero attached hydrogens (tertiary/aromatic N) is 2. The third-order valence-corrected chi connectivity index (χ3v) is 7.02. The van der Waals surface area contributed by atoms with E-state index < -0.39 is 10.0 Å². The van der Waals surface area contributed by atoms with Gasteiger partial charge in [-0.2, -0.15) is 4.31 Å². The number of piperazine rings is 1. The lowest BCUT2D eigenvalue weighted by Crippen LogP contribution is -2.49. The zero-order valence-electron chi connectivity index (χ0n) is 15.3. The van der Waals surface area contributed by atoms with Gasteiger partial charge in [0.2, 0.25) is 10.0 Å². The molecule has 7 nitrogen and oxygen atoms in total. The van der Waals surface area contributed by atoms with Gasteiger partial charge in [-0.3, -0.25) is 4.79 Å². The zero-order valence-corrected chi connectivity index (χ0v) is 16.8. The quantitative estimate of drug-likeness (QED) is 0.723. The molecule has 0 saturated carbocycles. The minimum Gasteiger partial charge on any atom is -0.376 e. The molecule has 1 atom stereocenters. The van der Waals surface area contributed by atoms with Crippen LogP contribution in [-0.4, -0.2) is 81.3 Å². The highest BCUT2D eigenvalue weighted by atomic mass is 35.5. The number of rotatable bonds is 7. The molecule has 9 heteroatoms. The second-order valence-electron chi connectivity index (χ2n) is 6.86. The average molecular weight is 416 g/mol. The van der Waals surface area contributed by atoms with Gasteiger partial charge in [0.25, 0.3) is 5.91 Å². The highest BCUT2D eigenvalue weighted by Gasteiger charge is 2.28. The normalized spacial score (nSPS) is 21.3. The molecule has 0 aromatic heterocycles. The first-order valence-electron chi connectivity index (χ1n) is 9.31. The minimum atomic E-state index is -3.40. The van der Waals surface area contributed by atoms with Gasteiger partial charge in [-0.1, -0.05) is 11.6 Å². The van der Waals surface area contributed by atoms with E-state index in [1.165, 1.54) is 4.31 Å². The Morgan fingerprint density at radius 3 is 2.59 bits per heavy atom. The van der Waals surface area contributed by atoms with Crippen molar-refractivity contribution in [3.63, 3.8) is 0 Å². The molecule has 1 aromatic rings. The molecule has 2 aliphatic rings. The Labute approximate surface area is 165 Å². The van der Waals surface area contributed by atoms with Crippen LogP contribution in [0.2, 0.25) is 5.02 Å². The van der Waals surface area contributed by atoms with Crippen LogP contribution in [0.4, 0.5) is 0 Å². The van der Waals surface area contributed by atoms with Crippen molar-refractivity contribution < 1.29 is 17.9 Å². The summed E-state index contributed by atoms with van der Waals surface area (Å²) < 4.78 is 32.4. The number of amides is 1. The van der Waals surface area contributed by atoms with Crippen molar-refractivity contribution >= 4 is 27.5 Å². The summed E-state index contributed by atoms with van der Waals surface area (Å²) in [6.07, 6.45) is 1.81. The molecule has 0 aliphatic carbocycles. The van der Waals surface area contributed by atoms with Gasteiger partial charge in [0, 0.05) is 56.5 Å². The van der Waals surface area contributed by atoms with Crippen LogP contribution in [0.5, 0.6) is 0 Å². The first-order chi connectivity index (χ1) is 13.0. The van der Waals surface area contributed by atoms with Gasteiger partial charge in [0.05, 0.1) is 11.9 Å². The highest BCUT2D eigenvalue weighted by Crippen LogP contribution is 2.17. The number of hydrogen-bond acceptors (Lipinski definition) is 5. The van der Waals surface area contributed by atoms with Crippen molar-refractivity contribution in [1.29, 1.82) is 0 Å². The second kappa shape index (κ2) is 9.34. The van der Waals surface area contributed by atoms with Gasteiger partial charge in [0.1, 0.15) is 0 Å².